The van der Waals surface area contributed by atoms with Crippen LogP contribution in [0.5, 0.6) is 0 Å². The van der Waals surface area contributed by atoms with Gasteiger partial charge in [0.15, 0.2) is 9.84 Å². The first-order chi connectivity index (χ1) is 12.2. The monoisotopic (exact) mass is 378 g/mol. The van der Waals surface area contributed by atoms with Crippen LogP contribution in [-0.4, -0.2) is 49.9 Å². The summed E-state index contributed by atoms with van der Waals surface area (Å²) in [5.41, 5.74) is 0.562. The molecule has 26 heavy (non-hydrogen) atoms. The van der Waals surface area contributed by atoms with Crippen LogP contribution in [-0.2, 0) is 20.0 Å². The summed E-state index contributed by atoms with van der Waals surface area (Å²) in [6.07, 6.45) is 4.24. The van der Waals surface area contributed by atoms with E-state index in [1.807, 2.05) is 44.2 Å². The van der Waals surface area contributed by atoms with Gasteiger partial charge >= 0.3 is 6.03 Å². The smallest absolute Gasteiger partial charge is 0.320 e. The first kappa shape index (κ1) is 20.2. The van der Waals surface area contributed by atoms with Gasteiger partial charge in [-0.05, 0) is 12.0 Å². The molecule has 142 valence electrons. The minimum Gasteiger partial charge on any atom is -0.320 e. The highest BCUT2D eigenvalue weighted by molar-refractivity contribution is 7.91. The standard InChI is InChI=1S/C19H26N2O4S/c1-19(2,16-9-5-3-6-10-16)15-26(24,25)14-8-4-7-12-21-13-11-17(22)20-18(21)23/h3-7,9-10H,8,11-15H2,1-2H3,(H,20,22,23)/b7-4-. The van der Waals surface area contributed by atoms with Gasteiger partial charge in [-0.15, -0.1) is 0 Å². The van der Waals surface area contributed by atoms with Crippen molar-refractivity contribution in [1.82, 2.24) is 10.2 Å². The first-order valence-corrected chi connectivity index (χ1v) is 10.5. The fourth-order valence-corrected chi connectivity index (χ4v) is 4.84. The second-order valence-corrected chi connectivity index (χ2v) is 9.34. The Morgan fingerprint density at radius 2 is 1.85 bits per heavy atom. The fourth-order valence-electron chi connectivity index (χ4n) is 2.93. The number of amides is 3. The molecule has 6 nitrogen and oxygen atoms in total. The lowest BCUT2D eigenvalue weighted by molar-refractivity contribution is -0.121. The molecule has 1 aromatic carbocycles. The van der Waals surface area contributed by atoms with Gasteiger partial charge in [0.1, 0.15) is 0 Å². The summed E-state index contributed by atoms with van der Waals surface area (Å²) >= 11 is 0. The molecule has 0 aliphatic carbocycles. The Kier molecular flexibility index (Phi) is 6.58. The van der Waals surface area contributed by atoms with Crippen LogP contribution >= 0.6 is 0 Å². The molecule has 0 bridgehead atoms. The molecule has 1 heterocycles. The molecule has 0 spiro atoms. The van der Waals surface area contributed by atoms with Crippen LogP contribution in [0.15, 0.2) is 42.5 Å². The largest absolute Gasteiger partial charge is 0.324 e. The highest BCUT2D eigenvalue weighted by Gasteiger charge is 2.27. The van der Waals surface area contributed by atoms with Gasteiger partial charge in [0, 0.05) is 24.9 Å². The number of hydrogen-bond donors (Lipinski definition) is 1. The molecular formula is C19H26N2O4S. The maximum absolute atomic E-state index is 12.4. The van der Waals surface area contributed by atoms with Crippen LogP contribution in [0, 0.1) is 0 Å². The van der Waals surface area contributed by atoms with Gasteiger partial charge in [-0.1, -0.05) is 56.3 Å². The van der Waals surface area contributed by atoms with E-state index in [2.05, 4.69) is 5.32 Å². The van der Waals surface area contributed by atoms with Crippen LogP contribution in [0.1, 0.15) is 32.3 Å². The van der Waals surface area contributed by atoms with E-state index in [9.17, 15) is 18.0 Å². The lowest BCUT2D eigenvalue weighted by Crippen LogP contribution is -2.49. The number of urea groups is 1. The molecule has 1 saturated heterocycles. The number of carbonyl (C=O) groups excluding carboxylic acids is 2. The van der Waals surface area contributed by atoms with Gasteiger partial charge in [0.05, 0.1) is 11.5 Å². The summed E-state index contributed by atoms with van der Waals surface area (Å²) in [4.78, 5) is 24.2. The molecule has 7 heteroatoms. The Morgan fingerprint density at radius 1 is 1.15 bits per heavy atom. The molecule has 0 unspecified atom stereocenters. The van der Waals surface area contributed by atoms with Crippen LogP contribution in [0.4, 0.5) is 4.79 Å². The second kappa shape index (κ2) is 8.49. The Morgan fingerprint density at radius 3 is 2.50 bits per heavy atom. The molecule has 0 saturated carbocycles. The number of carbonyl (C=O) groups is 2. The number of allylic oxidation sites excluding steroid dienone is 1. The number of hydrogen-bond acceptors (Lipinski definition) is 4. The summed E-state index contributed by atoms with van der Waals surface area (Å²) < 4.78 is 24.9. The van der Waals surface area contributed by atoms with Gasteiger partial charge in [-0.2, -0.15) is 0 Å². The Hall–Kier alpha value is -2.15. The molecule has 0 aromatic heterocycles. The lowest BCUT2D eigenvalue weighted by Gasteiger charge is -2.25. The molecule has 1 N–H and O–H groups in total. The van der Waals surface area contributed by atoms with Crippen molar-refractivity contribution >= 4 is 21.8 Å². The van der Waals surface area contributed by atoms with E-state index in [0.29, 0.717) is 25.9 Å². The van der Waals surface area contributed by atoms with Crippen molar-refractivity contribution in [2.75, 3.05) is 24.6 Å². The van der Waals surface area contributed by atoms with Crippen LogP contribution in [0.3, 0.4) is 0 Å². The van der Waals surface area contributed by atoms with E-state index in [1.54, 1.807) is 12.2 Å². The van der Waals surface area contributed by atoms with Gasteiger partial charge < -0.3 is 4.90 Å². The van der Waals surface area contributed by atoms with Crippen LogP contribution in [0.25, 0.3) is 0 Å². The predicted octanol–water partition coefficient (Wildman–Crippen LogP) is 2.27. The Bertz CT molecular complexity index is 770. The molecule has 1 aliphatic rings. The van der Waals surface area contributed by atoms with Gasteiger partial charge in [-0.25, -0.2) is 13.2 Å². The zero-order chi connectivity index (χ0) is 19.2. The average Bonchev–Trinajstić information content (AvgIpc) is 2.56. The summed E-state index contributed by atoms with van der Waals surface area (Å²) in [5, 5.41) is 2.25. The third kappa shape index (κ3) is 5.98. The van der Waals surface area contributed by atoms with E-state index >= 15 is 0 Å². The Labute approximate surface area is 155 Å². The van der Waals surface area contributed by atoms with E-state index in [4.69, 9.17) is 0 Å². The number of nitrogens with zero attached hydrogens (tertiary/aromatic N) is 1. The van der Waals surface area contributed by atoms with Crippen molar-refractivity contribution in [1.29, 1.82) is 0 Å². The zero-order valence-corrected chi connectivity index (χ0v) is 16.1. The van der Waals surface area contributed by atoms with Gasteiger partial charge in [0.25, 0.3) is 0 Å². The number of sulfone groups is 1. The number of imide groups is 1. The number of benzene rings is 1. The second-order valence-electron chi connectivity index (χ2n) is 7.15. The topological polar surface area (TPSA) is 83.6 Å². The fraction of sp³-hybridized carbons (Fsp3) is 0.474. The van der Waals surface area contributed by atoms with Crippen molar-refractivity contribution < 1.29 is 18.0 Å². The molecule has 2 rings (SSSR count). The highest BCUT2D eigenvalue weighted by atomic mass is 32.2. The average molecular weight is 378 g/mol. The number of rotatable bonds is 8. The van der Waals surface area contributed by atoms with Crippen molar-refractivity contribution in [2.24, 2.45) is 0 Å². The minimum atomic E-state index is -3.20. The zero-order valence-electron chi connectivity index (χ0n) is 15.3. The molecule has 3 amide bonds. The number of nitrogens with one attached hydrogen (secondary N) is 1. The normalized spacial score (nSPS) is 16.2. The maximum Gasteiger partial charge on any atom is 0.324 e. The molecule has 1 fully saturated rings. The summed E-state index contributed by atoms with van der Waals surface area (Å²) in [6.45, 7) is 4.63. The molecule has 1 aromatic rings. The molecular weight excluding hydrogens is 352 g/mol. The van der Waals surface area contributed by atoms with Crippen molar-refractivity contribution in [3.05, 3.63) is 48.0 Å². The molecule has 0 radical (unpaired) electrons. The van der Waals surface area contributed by atoms with Crippen molar-refractivity contribution in [3.8, 4) is 0 Å². The van der Waals surface area contributed by atoms with E-state index < -0.39 is 21.3 Å². The van der Waals surface area contributed by atoms with E-state index in [1.165, 1.54) is 4.90 Å². The highest BCUT2D eigenvalue weighted by Crippen LogP contribution is 2.25. The Balaban J connectivity index is 1.81. The third-order valence-corrected chi connectivity index (χ3v) is 6.39. The summed E-state index contributed by atoms with van der Waals surface area (Å²) in [6, 6.07) is 9.24. The van der Waals surface area contributed by atoms with E-state index in [0.717, 1.165) is 5.56 Å². The molecule has 0 atom stereocenters. The van der Waals surface area contributed by atoms with Gasteiger partial charge in [-0.3, -0.25) is 10.1 Å². The van der Waals surface area contributed by atoms with E-state index in [-0.39, 0.29) is 17.4 Å². The first-order valence-electron chi connectivity index (χ1n) is 8.69. The lowest BCUT2D eigenvalue weighted by atomic mass is 9.87. The van der Waals surface area contributed by atoms with Gasteiger partial charge in [0.2, 0.25) is 5.91 Å². The molecule has 1 aliphatic heterocycles. The third-order valence-electron chi connectivity index (χ3n) is 4.37. The quantitative estimate of drug-likeness (QED) is 0.704. The summed E-state index contributed by atoms with van der Waals surface area (Å²) in [7, 11) is -3.20. The summed E-state index contributed by atoms with van der Waals surface area (Å²) in [5.74, 6) is -0.0961. The van der Waals surface area contributed by atoms with Crippen molar-refractivity contribution in [3.63, 3.8) is 0 Å². The predicted molar refractivity (Wildman–Crippen MR) is 102 cm³/mol. The minimum absolute atomic E-state index is 0.0739. The maximum atomic E-state index is 12.4. The van der Waals surface area contributed by atoms with Crippen LogP contribution in [0.2, 0.25) is 0 Å². The van der Waals surface area contributed by atoms with Crippen molar-refractivity contribution in [2.45, 2.75) is 32.1 Å². The SMILES string of the molecule is CC(C)(CS(=O)(=O)CC/C=C\CN1CCC(=O)NC1=O)c1ccccc1. The van der Waals surface area contributed by atoms with Crippen LogP contribution < -0.4 is 5.32 Å².